The maximum absolute atomic E-state index is 13.0. The lowest BCUT2D eigenvalue weighted by atomic mass is 10.1. The Kier molecular flexibility index (Phi) is 8.14. The van der Waals surface area contributed by atoms with Crippen molar-refractivity contribution in [1.82, 2.24) is 9.97 Å². The highest BCUT2D eigenvalue weighted by molar-refractivity contribution is 5.92. The van der Waals surface area contributed by atoms with Crippen LogP contribution in [0.25, 0.3) is 11.3 Å². The summed E-state index contributed by atoms with van der Waals surface area (Å²) in [6.45, 7) is 0.487. The summed E-state index contributed by atoms with van der Waals surface area (Å²) in [7, 11) is 0. The van der Waals surface area contributed by atoms with Crippen molar-refractivity contribution in [3.8, 4) is 17.0 Å². The molecule has 0 atom stereocenters. The number of nitrogens with zero attached hydrogens (tertiary/aromatic N) is 2. The number of aldehydes is 1. The van der Waals surface area contributed by atoms with Gasteiger partial charge in [-0.2, -0.15) is 0 Å². The number of carbonyl (C=O) groups is 2. The molecule has 6 heteroatoms. The van der Waals surface area contributed by atoms with Crippen LogP contribution < -0.4 is 10.1 Å². The van der Waals surface area contributed by atoms with E-state index in [0.29, 0.717) is 35.8 Å². The zero-order chi connectivity index (χ0) is 26.9. The molecule has 1 N–H and O–H groups in total. The Morgan fingerprint density at radius 2 is 1.44 bits per heavy atom. The lowest BCUT2D eigenvalue weighted by molar-refractivity contribution is -0.115. The number of hydrogen-bond donors (Lipinski definition) is 1. The maximum atomic E-state index is 13.0. The largest absolute Gasteiger partial charge is 0.489 e. The average Bonchev–Trinajstić information content (AvgIpc) is 2.99. The minimum absolute atomic E-state index is 0.181. The van der Waals surface area contributed by atoms with Crippen molar-refractivity contribution in [3.63, 3.8) is 0 Å². The quantitative estimate of drug-likeness (QED) is 0.222. The summed E-state index contributed by atoms with van der Waals surface area (Å²) < 4.78 is 5.84. The fourth-order valence-corrected chi connectivity index (χ4v) is 4.12. The van der Waals surface area contributed by atoms with E-state index in [1.54, 1.807) is 18.3 Å². The van der Waals surface area contributed by atoms with Crippen molar-refractivity contribution < 1.29 is 14.3 Å². The standard InChI is InChI=1S/C33H27N3O3/c37-22-26-11-15-28(16-12-26)31-21-34-33(30(35-31)19-24-7-3-1-4-8-24)36-32(38)20-25-13-17-29(18-14-25)39-23-27-9-5-2-6-10-27/h1-18,21-22H,19-20,23H2,(H,34,36,38). The number of rotatable bonds is 10. The Balaban J connectivity index is 1.28. The van der Waals surface area contributed by atoms with Crippen molar-refractivity contribution in [1.29, 1.82) is 0 Å². The van der Waals surface area contributed by atoms with Gasteiger partial charge in [0.05, 0.1) is 24.0 Å². The van der Waals surface area contributed by atoms with E-state index < -0.39 is 0 Å². The third-order valence-electron chi connectivity index (χ3n) is 6.20. The second-order valence-corrected chi connectivity index (χ2v) is 9.10. The predicted octanol–water partition coefficient (Wildman–Crippen LogP) is 6.31. The Labute approximate surface area is 227 Å². The molecule has 39 heavy (non-hydrogen) atoms. The third-order valence-corrected chi connectivity index (χ3v) is 6.20. The second kappa shape index (κ2) is 12.4. The number of amides is 1. The van der Waals surface area contributed by atoms with Gasteiger partial charge in [-0.15, -0.1) is 0 Å². The van der Waals surface area contributed by atoms with Gasteiger partial charge in [-0.3, -0.25) is 9.59 Å². The summed E-state index contributed by atoms with van der Waals surface area (Å²) in [5, 5.41) is 2.95. The van der Waals surface area contributed by atoms with Gasteiger partial charge < -0.3 is 10.1 Å². The number of nitrogens with one attached hydrogen (secondary N) is 1. The third kappa shape index (κ3) is 7.02. The van der Waals surface area contributed by atoms with E-state index in [4.69, 9.17) is 9.72 Å². The van der Waals surface area contributed by atoms with Crippen LogP contribution in [-0.2, 0) is 24.2 Å². The summed E-state index contributed by atoms with van der Waals surface area (Å²) >= 11 is 0. The fourth-order valence-electron chi connectivity index (χ4n) is 4.12. The molecule has 0 aliphatic heterocycles. The lowest BCUT2D eigenvalue weighted by Gasteiger charge is -2.12. The van der Waals surface area contributed by atoms with Crippen molar-refractivity contribution in [3.05, 3.63) is 143 Å². The first-order chi connectivity index (χ1) is 19.2. The summed E-state index contributed by atoms with van der Waals surface area (Å²) in [6, 6.07) is 34.6. The number of anilines is 1. The molecule has 6 nitrogen and oxygen atoms in total. The van der Waals surface area contributed by atoms with Gasteiger partial charge in [-0.1, -0.05) is 97.1 Å². The van der Waals surface area contributed by atoms with Gasteiger partial charge >= 0.3 is 0 Å². The maximum Gasteiger partial charge on any atom is 0.229 e. The highest BCUT2D eigenvalue weighted by Crippen LogP contribution is 2.23. The molecule has 0 saturated heterocycles. The van der Waals surface area contributed by atoms with Crippen LogP contribution >= 0.6 is 0 Å². The van der Waals surface area contributed by atoms with Crippen LogP contribution in [0.15, 0.2) is 115 Å². The number of benzene rings is 4. The second-order valence-electron chi connectivity index (χ2n) is 9.10. The van der Waals surface area contributed by atoms with E-state index >= 15 is 0 Å². The van der Waals surface area contributed by atoms with E-state index in [1.807, 2.05) is 97.1 Å². The predicted molar refractivity (Wildman–Crippen MR) is 152 cm³/mol. The molecular weight excluding hydrogens is 486 g/mol. The van der Waals surface area contributed by atoms with Crippen molar-refractivity contribution in [2.45, 2.75) is 19.4 Å². The van der Waals surface area contributed by atoms with E-state index in [2.05, 4.69) is 10.3 Å². The van der Waals surface area contributed by atoms with E-state index in [-0.39, 0.29) is 12.3 Å². The van der Waals surface area contributed by atoms with Gasteiger partial charge in [0.2, 0.25) is 5.91 Å². The number of carbonyl (C=O) groups excluding carboxylic acids is 2. The summed E-state index contributed by atoms with van der Waals surface area (Å²) in [4.78, 5) is 33.4. The highest BCUT2D eigenvalue weighted by Gasteiger charge is 2.14. The monoisotopic (exact) mass is 513 g/mol. The lowest BCUT2D eigenvalue weighted by Crippen LogP contribution is -2.17. The van der Waals surface area contributed by atoms with Crippen molar-refractivity contribution >= 4 is 18.0 Å². The topological polar surface area (TPSA) is 81.2 Å². The van der Waals surface area contributed by atoms with Crippen LogP contribution in [0.5, 0.6) is 5.75 Å². The number of aromatic nitrogens is 2. The Morgan fingerprint density at radius 3 is 2.10 bits per heavy atom. The smallest absolute Gasteiger partial charge is 0.229 e. The van der Waals surface area contributed by atoms with Crippen LogP contribution in [0.3, 0.4) is 0 Å². The molecular formula is C33H27N3O3. The Hall–Kier alpha value is -5.10. The zero-order valence-corrected chi connectivity index (χ0v) is 21.3. The molecule has 0 fully saturated rings. The molecule has 0 bridgehead atoms. The van der Waals surface area contributed by atoms with Crippen LogP contribution in [-0.4, -0.2) is 22.2 Å². The molecule has 0 aliphatic rings. The molecule has 0 aliphatic carbocycles. The molecule has 1 amide bonds. The van der Waals surface area contributed by atoms with Gasteiger partial charge in [0, 0.05) is 17.5 Å². The molecule has 192 valence electrons. The first-order valence-electron chi connectivity index (χ1n) is 12.7. The van der Waals surface area contributed by atoms with Crippen molar-refractivity contribution in [2.75, 3.05) is 5.32 Å². The van der Waals surface area contributed by atoms with Gasteiger partial charge in [0.15, 0.2) is 5.82 Å². The van der Waals surface area contributed by atoms with Gasteiger partial charge in [-0.05, 0) is 28.8 Å². The van der Waals surface area contributed by atoms with E-state index in [9.17, 15) is 9.59 Å². The molecule has 4 aromatic carbocycles. The minimum Gasteiger partial charge on any atom is -0.489 e. The SMILES string of the molecule is O=Cc1ccc(-c2cnc(NC(=O)Cc3ccc(OCc4ccccc4)cc3)c(Cc3ccccc3)n2)cc1. The van der Waals surface area contributed by atoms with Crippen LogP contribution in [0.4, 0.5) is 5.82 Å². The van der Waals surface area contributed by atoms with Crippen LogP contribution in [0.2, 0.25) is 0 Å². The number of hydrogen-bond acceptors (Lipinski definition) is 5. The van der Waals surface area contributed by atoms with Gasteiger partial charge in [0.25, 0.3) is 0 Å². The zero-order valence-electron chi connectivity index (χ0n) is 21.3. The van der Waals surface area contributed by atoms with E-state index in [1.165, 1.54) is 0 Å². The fraction of sp³-hybridized carbons (Fsp3) is 0.0909. The normalized spacial score (nSPS) is 10.6. The highest BCUT2D eigenvalue weighted by atomic mass is 16.5. The summed E-state index contributed by atoms with van der Waals surface area (Å²) in [6.07, 6.45) is 3.15. The Bertz CT molecular complexity index is 1540. The first kappa shape index (κ1) is 25.5. The minimum atomic E-state index is -0.181. The molecule has 0 spiro atoms. The summed E-state index contributed by atoms with van der Waals surface area (Å²) in [5.41, 5.74) is 5.78. The molecule has 5 aromatic rings. The van der Waals surface area contributed by atoms with Gasteiger partial charge in [-0.25, -0.2) is 9.97 Å². The van der Waals surface area contributed by atoms with Crippen molar-refractivity contribution in [2.24, 2.45) is 0 Å². The molecule has 1 heterocycles. The molecule has 1 aromatic heterocycles. The molecule has 5 rings (SSSR count). The van der Waals surface area contributed by atoms with Crippen LogP contribution in [0.1, 0.15) is 32.7 Å². The molecule has 0 radical (unpaired) electrons. The molecule has 0 saturated carbocycles. The average molecular weight is 514 g/mol. The number of ether oxygens (including phenoxy) is 1. The molecule has 0 unspecified atom stereocenters. The van der Waals surface area contributed by atoms with Crippen LogP contribution in [0, 0.1) is 0 Å². The van der Waals surface area contributed by atoms with Gasteiger partial charge in [0.1, 0.15) is 18.6 Å². The van der Waals surface area contributed by atoms with E-state index in [0.717, 1.165) is 34.3 Å². The Morgan fingerprint density at radius 1 is 0.769 bits per heavy atom. The summed E-state index contributed by atoms with van der Waals surface area (Å²) in [5.74, 6) is 0.996. The first-order valence-corrected chi connectivity index (χ1v) is 12.7.